The lowest BCUT2D eigenvalue weighted by atomic mass is 9.97. The van der Waals surface area contributed by atoms with Gasteiger partial charge in [-0.3, -0.25) is 4.79 Å². The average molecular weight is 437 g/mol. The number of carbonyl (C=O) groups excluding carboxylic acids is 1. The number of aryl methyl sites for hydroxylation is 1. The second-order valence-corrected chi connectivity index (χ2v) is 9.65. The number of amides is 1. The number of hydrogen-bond donors (Lipinski definition) is 1. The molecule has 2 aromatic rings. The molecule has 0 atom stereocenters. The third kappa shape index (κ3) is 5.50. The van der Waals surface area contributed by atoms with Gasteiger partial charge >= 0.3 is 0 Å². The molecular formula is C21H25ClN2O4S. The van der Waals surface area contributed by atoms with Gasteiger partial charge in [-0.25, -0.2) is 12.7 Å². The standard InChI is InChI=1S/C21H25ClN2O4S/c1-15-3-5-16(6-4-15)14-29(26,27)24-11-9-17(10-12-24)21(25)23-19-13-18(22)7-8-20(19)28-2/h3-8,13,17H,9-12,14H2,1-2H3,(H,23,25). The zero-order valence-electron chi connectivity index (χ0n) is 16.5. The molecule has 1 saturated heterocycles. The lowest BCUT2D eigenvalue weighted by molar-refractivity contribution is -0.120. The van der Waals surface area contributed by atoms with Gasteiger partial charge in [-0.15, -0.1) is 0 Å². The fourth-order valence-electron chi connectivity index (χ4n) is 3.40. The lowest BCUT2D eigenvalue weighted by Crippen LogP contribution is -2.41. The number of anilines is 1. The van der Waals surface area contributed by atoms with Gasteiger partial charge in [-0.1, -0.05) is 41.4 Å². The predicted molar refractivity (Wildman–Crippen MR) is 115 cm³/mol. The molecule has 0 bridgehead atoms. The maximum Gasteiger partial charge on any atom is 0.227 e. The number of nitrogens with zero attached hydrogens (tertiary/aromatic N) is 1. The van der Waals surface area contributed by atoms with Crippen LogP contribution < -0.4 is 10.1 Å². The fourth-order valence-corrected chi connectivity index (χ4v) is 5.13. The summed E-state index contributed by atoms with van der Waals surface area (Å²) in [5, 5.41) is 3.35. The van der Waals surface area contributed by atoms with Gasteiger partial charge < -0.3 is 10.1 Å². The van der Waals surface area contributed by atoms with E-state index < -0.39 is 10.0 Å². The average Bonchev–Trinajstić information content (AvgIpc) is 2.70. The highest BCUT2D eigenvalue weighted by Crippen LogP contribution is 2.29. The molecule has 0 unspecified atom stereocenters. The first-order valence-corrected chi connectivity index (χ1v) is 11.4. The molecule has 0 spiro atoms. The summed E-state index contributed by atoms with van der Waals surface area (Å²) in [5.41, 5.74) is 2.37. The van der Waals surface area contributed by atoms with Crippen molar-refractivity contribution in [2.24, 2.45) is 5.92 Å². The first-order valence-electron chi connectivity index (χ1n) is 9.46. The number of halogens is 1. The van der Waals surface area contributed by atoms with Gasteiger partial charge in [0.1, 0.15) is 5.75 Å². The Hall–Kier alpha value is -2.09. The smallest absolute Gasteiger partial charge is 0.227 e. The molecule has 0 aromatic heterocycles. The van der Waals surface area contributed by atoms with Crippen LogP contribution in [-0.2, 0) is 20.6 Å². The quantitative estimate of drug-likeness (QED) is 0.746. The largest absolute Gasteiger partial charge is 0.495 e. The normalized spacial score (nSPS) is 15.8. The topological polar surface area (TPSA) is 75.7 Å². The van der Waals surface area contributed by atoms with E-state index in [0.717, 1.165) is 11.1 Å². The number of carbonyl (C=O) groups is 1. The molecule has 1 fully saturated rings. The molecule has 1 aliphatic rings. The maximum absolute atomic E-state index is 12.7. The van der Waals surface area contributed by atoms with Crippen molar-refractivity contribution >= 4 is 33.2 Å². The Labute approximate surface area is 176 Å². The third-order valence-electron chi connectivity index (χ3n) is 5.11. The Balaban J connectivity index is 1.59. The van der Waals surface area contributed by atoms with Crippen LogP contribution in [0.4, 0.5) is 5.69 Å². The van der Waals surface area contributed by atoms with Crippen molar-refractivity contribution in [1.29, 1.82) is 0 Å². The van der Waals surface area contributed by atoms with Crippen LogP contribution in [0.2, 0.25) is 5.02 Å². The molecule has 0 radical (unpaired) electrons. The van der Waals surface area contributed by atoms with Crippen LogP contribution in [0.15, 0.2) is 42.5 Å². The van der Waals surface area contributed by atoms with Crippen LogP contribution >= 0.6 is 11.6 Å². The second-order valence-electron chi connectivity index (χ2n) is 7.25. The van der Waals surface area contributed by atoms with Crippen LogP contribution in [-0.4, -0.2) is 38.8 Å². The van der Waals surface area contributed by atoms with Gasteiger partial charge in [0.2, 0.25) is 15.9 Å². The van der Waals surface area contributed by atoms with Gasteiger partial charge in [-0.05, 0) is 43.5 Å². The minimum atomic E-state index is -3.41. The second kappa shape index (κ2) is 9.15. The summed E-state index contributed by atoms with van der Waals surface area (Å²) in [6, 6.07) is 12.5. The van der Waals surface area contributed by atoms with Crippen molar-refractivity contribution in [2.45, 2.75) is 25.5 Å². The summed E-state index contributed by atoms with van der Waals surface area (Å²) in [4.78, 5) is 12.6. The fraction of sp³-hybridized carbons (Fsp3) is 0.381. The summed E-state index contributed by atoms with van der Waals surface area (Å²) < 4.78 is 32.2. The maximum atomic E-state index is 12.7. The monoisotopic (exact) mass is 436 g/mol. The molecule has 0 aliphatic carbocycles. The molecule has 29 heavy (non-hydrogen) atoms. The Morgan fingerprint density at radius 3 is 2.45 bits per heavy atom. The third-order valence-corrected chi connectivity index (χ3v) is 7.19. The molecule has 6 nitrogen and oxygen atoms in total. The first kappa shape index (κ1) is 21.6. The SMILES string of the molecule is COc1ccc(Cl)cc1NC(=O)C1CCN(S(=O)(=O)Cc2ccc(C)cc2)CC1. The minimum Gasteiger partial charge on any atom is -0.495 e. The van der Waals surface area contributed by atoms with Crippen LogP contribution in [0.3, 0.4) is 0 Å². The van der Waals surface area contributed by atoms with Crippen LogP contribution in [0.25, 0.3) is 0 Å². The number of benzene rings is 2. The van der Waals surface area contributed by atoms with E-state index in [4.69, 9.17) is 16.3 Å². The van der Waals surface area contributed by atoms with Gasteiger partial charge in [0.05, 0.1) is 18.6 Å². The van der Waals surface area contributed by atoms with E-state index in [-0.39, 0.29) is 17.6 Å². The number of methoxy groups -OCH3 is 1. The number of sulfonamides is 1. The Morgan fingerprint density at radius 1 is 1.17 bits per heavy atom. The molecular weight excluding hydrogens is 412 g/mol. The molecule has 3 rings (SSSR count). The molecule has 1 aliphatic heterocycles. The van der Waals surface area contributed by atoms with Gasteiger partial charge in [-0.2, -0.15) is 0 Å². The van der Waals surface area contributed by atoms with E-state index in [1.54, 1.807) is 18.2 Å². The van der Waals surface area contributed by atoms with E-state index >= 15 is 0 Å². The van der Waals surface area contributed by atoms with E-state index in [1.807, 2.05) is 31.2 Å². The molecule has 2 aromatic carbocycles. The Kier molecular flexibility index (Phi) is 6.82. The lowest BCUT2D eigenvalue weighted by Gasteiger charge is -2.30. The highest BCUT2D eigenvalue weighted by Gasteiger charge is 2.31. The number of hydrogen-bond acceptors (Lipinski definition) is 4. The van der Waals surface area contributed by atoms with Crippen molar-refractivity contribution in [1.82, 2.24) is 4.31 Å². The van der Waals surface area contributed by atoms with E-state index in [9.17, 15) is 13.2 Å². The van der Waals surface area contributed by atoms with Crippen molar-refractivity contribution in [3.8, 4) is 5.75 Å². The van der Waals surface area contributed by atoms with E-state index in [1.165, 1.54) is 11.4 Å². The molecule has 0 saturated carbocycles. The van der Waals surface area contributed by atoms with Gasteiger partial charge in [0.15, 0.2) is 0 Å². The molecule has 8 heteroatoms. The van der Waals surface area contributed by atoms with Crippen molar-refractivity contribution in [3.63, 3.8) is 0 Å². The number of nitrogens with one attached hydrogen (secondary N) is 1. The van der Waals surface area contributed by atoms with E-state index in [2.05, 4.69) is 5.32 Å². The molecule has 156 valence electrons. The zero-order valence-corrected chi connectivity index (χ0v) is 18.1. The van der Waals surface area contributed by atoms with Crippen molar-refractivity contribution in [3.05, 3.63) is 58.6 Å². The molecule has 1 amide bonds. The summed E-state index contributed by atoms with van der Waals surface area (Å²) in [6.45, 7) is 2.63. The predicted octanol–water partition coefficient (Wildman–Crippen LogP) is 3.84. The summed E-state index contributed by atoms with van der Waals surface area (Å²) >= 11 is 6.01. The Morgan fingerprint density at radius 2 is 1.83 bits per heavy atom. The number of rotatable bonds is 6. The Bertz CT molecular complexity index is 969. The number of piperidine rings is 1. The van der Waals surface area contributed by atoms with Gasteiger partial charge in [0.25, 0.3) is 0 Å². The highest BCUT2D eigenvalue weighted by molar-refractivity contribution is 7.88. The van der Waals surface area contributed by atoms with E-state index in [0.29, 0.717) is 42.4 Å². The minimum absolute atomic E-state index is 0.0240. The molecule has 1 N–H and O–H groups in total. The first-order chi connectivity index (χ1) is 13.8. The summed E-state index contributed by atoms with van der Waals surface area (Å²) in [5.74, 6) is 0.0932. The molecule has 1 heterocycles. The van der Waals surface area contributed by atoms with Crippen LogP contribution in [0, 0.1) is 12.8 Å². The summed E-state index contributed by atoms with van der Waals surface area (Å²) in [7, 11) is -1.89. The number of ether oxygens (including phenoxy) is 1. The van der Waals surface area contributed by atoms with Crippen LogP contribution in [0.1, 0.15) is 24.0 Å². The van der Waals surface area contributed by atoms with Gasteiger partial charge in [0, 0.05) is 24.0 Å². The highest BCUT2D eigenvalue weighted by atomic mass is 35.5. The van der Waals surface area contributed by atoms with Crippen LogP contribution in [0.5, 0.6) is 5.75 Å². The van der Waals surface area contributed by atoms with Crippen molar-refractivity contribution in [2.75, 3.05) is 25.5 Å². The van der Waals surface area contributed by atoms with Crippen molar-refractivity contribution < 1.29 is 17.9 Å². The zero-order chi connectivity index (χ0) is 21.0. The summed E-state index contributed by atoms with van der Waals surface area (Å²) in [6.07, 6.45) is 0.948.